The summed E-state index contributed by atoms with van der Waals surface area (Å²) in [6.45, 7) is 7.40. The number of carbonyl (C=O) groups excluding carboxylic acids is 1. The predicted octanol–water partition coefficient (Wildman–Crippen LogP) is 5.04. The third kappa shape index (κ3) is 4.75. The highest BCUT2D eigenvalue weighted by Crippen LogP contribution is 2.30. The van der Waals surface area contributed by atoms with Crippen molar-refractivity contribution in [2.75, 3.05) is 5.32 Å². The van der Waals surface area contributed by atoms with E-state index in [2.05, 4.69) is 5.32 Å². The molecule has 0 aliphatic rings. The molecular weight excluding hydrogens is 331 g/mol. The molecular formula is C19H20F3NO2. The van der Waals surface area contributed by atoms with E-state index in [-0.39, 0.29) is 5.69 Å². The van der Waals surface area contributed by atoms with Gasteiger partial charge in [-0.2, -0.15) is 13.2 Å². The summed E-state index contributed by atoms with van der Waals surface area (Å²) in [5.74, 6) is 0.186. The molecule has 2 aromatic rings. The molecule has 0 spiro atoms. The number of ether oxygens (including phenoxy) is 1. The standard InChI is InChI=1S/C19H20F3NO2/c1-11-9-12(2)13(3)17(10-11)25-14(4)18(24)23-16-7-5-15(6-8-16)19(20,21)22/h5-10,14H,1-4H3,(H,23,24)/t14-/m0/s1. The summed E-state index contributed by atoms with van der Waals surface area (Å²) in [7, 11) is 0. The Labute approximate surface area is 144 Å². The highest BCUT2D eigenvalue weighted by Gasteiger charge is 2.30. The lowest BCUT2D eigenvalue weighted by Gasteiger charge is -2.18. The van der Waals surface area contributed by atoms with Crippen molar-refractivity contribution in [3.63, 3.8) is 0 Å². The third-order valence-electron chi connectivity index (χ3n) is 3.92. The van der Waals surface area contributed by atoms with Crippen molar-refractivity contribution in [1.82, 2.24) is 0 Å². The molecule has 0 saturated carbocycles. The second-order valence-electron chi connectivity index (χ2n) is 6.03. The maximum Gasteiger partial charge on any atom is 0.416 e. The molecule has 2 rings (SSSR count). The van der Waals surface area contributed by atoms with E-state index >= 15 is 0 Å². The smallest absolute Gasteiger partial charge is 0.416 e. The molecule has 0 bridgehead atoms. The van der Waals surface area contributed by atoms with Gasteiger partial charge < -0.3 is 10.1 Å². The lowest BCUT2D eigenvalue weighted by Crippen LogP contribution is -2.30. The van der Waals surface area contributed by atoms with Gasteiger partial charge >= 0.3 is 6.18 Å². The molecule has 1 N–H and O–H groups in total. The van der Waals surface area contributed by atoms with Crippen LogP contribution in [-0.2, 0) is 11.0 Å². The first-order valence-corrected chi connectivity index (χ1v) is 7.80. The van der Waals surface area contributed by atoms with E-state index in [1.165, 1.54) is 12.1 Å². The van der Waals surface area contributed by atoms with E-state index in [4.69, 9.17) is 4.74 Å². The van der Waals surface area contributed by atoms with E-state index in [0.29, 0.717) is 5.75 Å². The Hall–Kier alpha value is -2.50. The van der Waals surface area contributed by atoms with Gasteiger partial charge in [-0.25, -0.2) is 0 Å². The van der Waals surface area contributed by atoms with Crippen LogP contribution >= 0.6 is 0 Å². The molecule has 2 aromatic carbocycles. The summed E-state index contributed by atoms with van der Waals surface area (Å²) in [6.07, 6.45) is -5.19. The van der Waals surface area contributed by atoms with Gasteiger partial charge in [0.05, 0.1) is 5.56 Å². The lowest BCUT2D eigenvalue weighted by atomic mass is 10.1. The van der Waals surface area contributed by atoms with Crippen LogP contribution in [0.2, 0.25) is 0 Å². The van der Waals surface area contributed by atoms with E-state index in [1.54, 1.807) is 6.92 Å². The molecule has 0 radical (unpaired) electrons. The fraction of sp³-hybridized carbons (Fsp3) is 0.316. The van der Waals surface area contributed by atoms with Gasteiger partial charge in [-0.3, -0.25) is 4.79 Å². The Balaban J connectivity index is 2.06. The number of alkyl halides is 3. The summed E-state index contributed by atoms with van der Waals surface area (Å²) in [5.41, 5.74) is 2.55. The minimum atomic E-state index is -4.40. The number of nitrogens with one attached hydrogen (secondary N) is 1. The molecule has 1 amide bonds. The van der Waals surface area contributed by atoms with Crippen LogP contribution in [0.1, 0.15) is 29.2 Å². The molecule has 0 saturated heterocycles. The number of amides is 1. The minimum absolute atomic E-state index is 0.283. The van der Waals surface area contributed by atoms with Gasteiger partial charge in [-0.1, -0.05) is 6.07 Å². The van der Waals surface area contributed by atoms with Crippen LogP contribution in [0.25, 0.3) is 0 Å². The fourth-order valence-corrected chi connectivity index (χ4v) is 2.35. The average molecular weight is 351 g/mol. The van der Waals surface area contributed by atoms with Crippen LogP contribution in [0, 0.1) is 20.8 Å². The zero-order valence-electron chi connectivity index (χ0n) is 14.5. The molecule has 134 valence electrons. The maximum absolute atomic E-state index is 12.5. The second-order valence-corrected chi connectivity index (χ2v) is 6.03. The van der Waals surface area contributed by atoms with Gasteiger partial charge in [0, 0.05) is 5.69 Å². The Morgan fingerprint density at radius 1 is 1.08 bits per heavy atom. The van der Waals surface area contributed by atoms with E-state index in [0.717, 1.165) is 28.8 Å². The Morgan fingerprint density at radius 3 is 2.24 bits per heavy atom. The average Bonchev–Trinajstić information content (AvgIpc) is 2.51. The summed E-state index contributed by atoms with van der Waals surface area (Å²) in [4.78, 5) is 12.2. The van der Waals surface area contributed by atoms with Gasteiger partial charge in [-0.15, -0.1) is 0 Å². The second kappa shape index (κ2) is 7.17. The number of carbonyl (C=O) groups is 1. The summed E-state index contributed by atoms with van der Waals surface area (Å²) >= 11 is 0. The summed E-state index contributed by atoms with van der Waals surface area (Å²) in [6, 6.07) is 8.16. The highest BCUT2D eigenvalue weighted by molar-refractivity contribution is 5.94. The van der Waals surface area contributed by atoms with Gasteiger partial charge in [0.15, 0.2) is 6.10 Å². The Kier molecular flexibility index (Phi) is 5.40. The van der Waals surface area contributed by atoms with Gasteiger partial charge in [0.1, 0.15) is 5.75 Å². The van der Waals surface area contributed by atoms with E-state index in [1.807, 2.05) is 32.9 Å². The molecule has 0 unspecified atom stereocenters. The number of hydrogen-bond acceptors (Lipinski definition) is 2. The number of anilines is 1. The van der Waals surface area contributed by atoms with Crippen molar-refractivity contribution in [1.29, 1.82) is 0 Å². The molecule has 0 fully saturated rings. The third-order valence-corrected chi connectivity index (χ3v) is 3.92. The lowest BCUT2D eigenvalue weighted by molar-refractivity contribution is -0.137. The first-order chi connectivity index (χ1) is 11.6. The van der Waals surface area contributed by atoms with Gasteiger partial charge in [-0.05, 0) is 74.7 Å². The molecule has 0 aromatic heterocycles. The van der Waals surface area contributed by atoms with Crippen LogP contribution in [-0.4, -0.2) is 12.0 Å². The minimum Gasteiger partial charge on any atom is -0.481 e. The SMILES string of the molecule is Cc1cc(C)c(C)c(O[C@@H](C)C(=O)Nc2ccc(C(F)(F)F)cc2)c1. The first kappa shape index (κ1) is 18.8. The van der Waals surface area contributed by atoms with Gasteiger partial charge in [0.25, 0.3) is 5.91 Å². The molecule has 25 heavy (non-hydrogen) atoms. The van der Waals surface area contributed by atoms with Crippen LogP contribution in [0.15, 0.2) is 36.4 Å². The number of halogens is 3. The summed E-state index contributed by atoms with van der Waals surface area (Å²) < 4.78 is 43.4. The topological polar surface area (TPSA) is 38.3 Å². The zero-order chi connectivity index (χ0) is 18.8. The van der Waals surface area contributed by atoms with E-state index < -0.39 is 23.8 Å². The normalized spacial score (nSPS) is 12.6. The first-order valence-electron chi connectivity index (χ1n) is 7.80. The van der Waals surface area contributed by atoms with Crippen molar-refractivity contribution in [3.05, 3.63) is 58.7 Å². The number of aryl methyl sites for hydroxylation is 2. The van der Waals surface area contributed by atoms with Crippen LogP contribution in [0.4, 0.5) is 18.9 Å². The quantitative estimate of drug-likeness (QED) is 0.838. The molecule has 1 atom stereocenters. The van der Waals surface area contributed by atoms with Crippen molar-refractivity contribution in [2.45, 2.75) is 40.0 Å². The van der Waals surface area contributed by atoms with Crippen LogP contribution in [0.5, 0.6) is 5.75 Å². The van der Waals surface area contributed by atoms with Crippen molar-refractivity contribution in [2.24, 2.45) is 0 Å². The fourth-order valence-electron chi connectivity index (χ4n) is 2.35. The molecule has 0 heterocycles. The monoisotopic (exact) mass is 351 g/mol. The summed E-state index contributed by atoms with van der Waals surface area (Å²) in [5, 5.41) is 2.56. The van der Waals surface area contributed by atoms with Crippen LogP contribution < -0.4 is 10.1 Å². The van der Waals surface area contributed by atoms with Crippen molar-refractivity contribution >= 4 is 11.6 Å². The largest absolute Gasteiger partial charge is 0.481 e. The molecule has 3 nitrogen and oxygen atoms in total. The van der Waals surface area contributed by atoms with Crippen molar-refractivity contribution < 1.29 is 22.7 Å². The Bertz CT molecular complexity index is 767. The number of hydrogen-bond donors (Lipinski definition) is 1. The zero-order valence-corrected chi connectivity index (χ0v) is 14.5. The maximum atomic E-state index is 12.5. The van der Waals surface area contributed by atoms with Crippen molar-refractivity contribution in [3.8, 4) is 5.75 Å². The van der Waals surface area contributed by atoms with Gasteiger partial charge in [0.2, 0.25) is 0 Å². The molecule has 0 aliphatic heterocycles. The highest BCUT2D eigenvalue weighted by atomic mass is 19.4. The number of benzene rings is 2. The molecule has 6 heteroatoms. The predicted molar refractivity (Wildman–Crippen MR) is 90.8 cm³/mol. The molecule has 0 aliphatic carbocycles. The Morgan fingerprint density at radius 2 is 1.68 bits per heavy atom. The van der Waals surface area contributed by atoms with E-state index in [9.17, 15) is 18.0 Å². The number of rotatable bonds is 4. The van der Waals surface area contributed by atoms with Crippen LogP contribution in [0.3, 0.4) is 0 Å².